The van der Waals surface area contributed by atoms with Gasteiger partial charge in [0, 0.05) is 13.1 Å². The van der Waals surface area contributed by atoms with Crippen molar-refractivity contribution in [3.05, 3.63) is 24.3 Å². The summed E-state index contributed by atoms with van der Waals surface area (Å²) in [6.07, 6.45) is 13.3. The summed E-state index contributed by atoms with van der Waals surface area (Å²) in [5.74, 6) is -2.73. The molecule has 7 atom stereocenters. The highest BCUT2D eigenvalue weighted by molar-refractivity contribution is 5.99. The average molecular weight is 517 g/mol. The van der Waals surface area contributed by atoms with Crippen molar-refractivity contribution in [1.29, 1.82) is 0 Å². The third-order valence-corrected chi connectivity index (χ3v) is 9.03. The summed E-state index contributed by atoms with van der Waals surface area (Å²) in [5.41, 5.74) is -2.35. The second-order valence-corrected chi connectivity index (χ2v) is 11.1. The van der Waals surface area contributed by atoms with Crippen LogP contribution in [0.25, 0.3) is 0 Å². The lowest BCUT2D eigenvalue weighted by Gasteiger charge is -2.42. The zero-order valence-electron chi connectivity index (χ0n) is 22.9. The molecule has 2 amide bonds. The van der Waals surface area contributed by atoms with Crippen molar-refractivity contribution in [2.24, 2.45) is 17.8 Å². The molecule has 4 aliphatic rings. The number of likely N-dealkylation sites (tertiary alicyclic amines) is 1. The van der Waals surface area contributed by atoms with Crippen LogP contribution in [0.2, 0.25) is 0 Å². The molecule has 8 heteroatoms. The zero-order valence-corrected chi connectivity index (χ0v) is 22.9. The summed E-state index contributed by atoms with van der Waals surface area (Å²) in [4.78, 5) is 45.7. The fraction of sp³-hybridized carbons (Fsp3) is 0.759. The van der Waals surface area contributed by atoms with Crippen LogP contribution in [0.15, 0.2) is 24.3 Å². The predicted octanol–water partition coefficient (Wildman–Crippen LogP) is 3.24. The van der Waals surface area contributed by atoms with E-state index >= 15 is 0 Å². The van der Waals surface area contributed by atoms with Crippen LogP contribution in [-0.4, -0.2) is 82.3 Å². The van der Waals surface area contributed by atoms with Crippen LogP contribution in [-0.2, 0) is 23.9 Å². The quantitative estimate of drug-likeness (QED) is 0.287. The van der Waals surface area contributed by atoms with E-state index in [0.717, 1.165) is 32.1 Å². The Morgan fingerprint density at radius 3 is 2.54 bits per heavy atom. The van der Waals surface area contributed by atoms with Crippen LogP contribution >= 0.6 is 0 Å². The highest BCUT2D eigenvalue weighted by atomic mass is 16.6. The van der Waals surface area contributed by atoms with Crippen molar-refractivity contribution >= 4 is 17.8 Å². The summed E-state index contributed by atoms with van der Waals surface area (Å²) in [5, 5.41) is 10.5. The number of hydrogen-bond donors (Lipinski definition) is 1. The Labute approximate surface area is 221 Å². The standard InChI is InChI=1S/C29H44N2O6/c1-5-8-11-16-30-17-13-15-29-22(23-27(35)36-18-12-9-10-14-28(23,7-3)37-29)25(33)31(24(29)26(30)34)21(19-32)20(4)6-2/h10,13-15,20-24,32H,5-9,11-12,16-19H2,1-4H3/b14-10-/t20-,21-,22-,23+,24?,28-,29-/m0/s1. The molecule has 0 aromatic rings. The van der Waals surface area contributed by atoms with E-state index in [2.05, 4.69) is 6.92 Å². The van der Waals surface area contributed by atoms with Gasteiger partial charge in [0.2, 0.25) is 11.8 Å². The van der Waals surface area contributed by atoms with E-state index < -0.39 is 41.1 Å². The Morgan fingerprint density at radius 1 is 1.08 bits per heavy atom. The normalized spacial score (nSPS) is 36.0. The van der Waals surface area contributed by atoms with Crippen LogP contribution < -0.4 is 0 Å². The minimum Gasteiger partial charge on any atom is -0.465 e. The maximum atomic E-state index is 14.4. The average Bonchev–Trinajstić information content (AvgIpc) is 3.28. The molecule has 4 rings (SSSR count). The zero-order chi connectivity index (χ0) is 26.8. The maximum Gasteiger partial charge on any atom is 0.313 e. The summed E-state index contributed by atoms with van der Waals surface area (Å²) in [6.45, 7) is 9.11. The molecular formula is C29H44N2O6. The molecule has 206 valence electrons. The van der Waals surface area contributed by atoms with Crippen molar-refractivity contribution in [1.82, 2.24) is 9.80 Å². The number of allylic oxidation sites excluding steroid dienone is 1. The van der Waals surface area contributed by atoms with Gasteiger partial charge >= 0.3 is 5.97 Å². The third kappa shape index (κ3) is 4.54. The van der Waals surface area contributed by atoms with Crippen molar-refractivity contribution < 1.29 is 29.0 Å². The Hall–Kier alpha value is -2.19. The molecule has 0 aromatic heterocycles. The Balaban J connectivity index is 1.88. The Bertz CT molecular complexity index is 933. The molecule has 1 N–H and O–H groups in total. The van der Waals surface area contributed by atoms with E-state index in [0.29, 0.717) is 25.9 Å². The van der Waals surface area contributed by atoms with Gasteiger partial charge in [-0.3, -0.25) is 14.4 Å². The second-order valence-electron chi connectivity index (χ2n) is 11.1. The van der Waals surface area contributed by atoms with Crippen LogP contribution in [0.3, 0.4) is 0 Å². The van der Waals surface area contributed by atoms with Crippen LogP contribution in [0, 0.1) is 17.8 Å². The van der Waals surface area contributed by atoms with Gasteiger partial charge in [-0.05, 0) is 31.6 Å². The summed E-state index contributed by atoms with van der Waals surface area (Å²) in [6, 6.07) is -1.50. The minimum atomic E-state index is -1.31. The number of rotatable bonds is 9. The van der Waals surface area contributed by atoms with Crippen LogP contribution in [0.1, 0.15) is 72.6 Å². The van der Waals surface area contributed by atoms with Gasteiger partial charge < -0.3 is 24.4 Å². The molecule has 0 radical (unpaired) electrons. The van der Waals surface area contributed by atoms with Crippen LogP contribution in [0.5, 0.6) is 0 Å². The van der Waals surface area contributed by atoms with Gasteiger partial charge in [0.05, 0.1) is 25.2 Å². The van der Waals surface area contributed by atoms with Crippen LogP contribution in [0.4, 0.5) is 0 Å². The highest BCUT2D eigenvalue weighted by Crippen LogP contribution is 2.58. The number of amides is 2. The van der Waals surface area contributed by atoms with Gasteiger partial charge in [0.1, 0.15) is 23.2 Å². The number of carbonyl (C=O) groups is 3. The molecule has 2 fully saturated rings. The smallest absolute Gasteiger partial charge is 0.313 e. The summed E-state index contributed by atoms with van der Waals surface area (Å²) in [7, 11) is 0. The van der Waals surface area contributed by atoms with Gasteiger partial charge in [-0.1, -0.05) is 71.3 Å². The molecule has 8 nitrogen and oxygen atoms in total. The summed E-state index contributed by atoms with van der Waals surface area (Å²) < 4.78 is 12.6. The molecular weight excluding hydrogens is 472 g/mol. The van der Waals surface area contributed by atoms with Gasteiger partial charge in [-0.15, -0.1) is 0 Å². The molecule has 0 aliphatic carbocycles. The number of unbranched alkanes of at least 4 members (excludes halogenated alkanes) is 2. The number of aliphatic hydroxyl groups is 1. The van der Waals surface area contributed by atoms with E-state index in [9.17, 15) is 19.5 Å². The number of nitrogens with zero attached hydrogens (tertiary/aromatic N) is 2. The first-order valence-corrected chi connectivity index (χ1v) is 14.3. The van der Waals surface area contributed by atoms with Crippen molar-refractivity contribution in [2.75, 3.05) is 26.3 Å². The highest BCUT2D eigenvalue weighted by Gasteiger charge is 2.76. The Morgan fingerprint density at radius 2 is 1.86 bits per heavy atom. The SMILES string of the molecule is CCCCCN1CC=C[C@]23O[C@@]4(CC)/C=C\CCCOC(=O)[C@H]4[C@H]2C(=O)N([C@@H](CO)[C@@H](C)CC)C3C1=O. The van der Waals surface area contributed by atoms with Gasteiger partial charge in [0.25, 0.3) is 0 Å². The van der Waals surface area contributed by atoms with E-state index in [1.807, 2.05) is 45.1 Å². The van der Waals surface area contributed by atoms with E-state index in [-0.39, 0.29) is 30.9 Å². The number of esters is 1. The molecule has 1 unspecified atom stereocenters. The molecule has 1 spiro atoms. The van der Waals surface area contributed by atoms with E-state index in [1.54, 1.807) is 9.80 Å². The summed E-state index contributed by atoms with van der Waals surface area (Å²) >= 11 is 0. The van der Waals surface area contributed by atoms with Crippen molar-refractivity contribution in [2.45, 2.75) is 95.9 Å². The third-order valence-electron chi connectivity index (χ3n) is 9.03. The fourth-order valence-electron chi connectivity index (χ4n) is 6.79. The molecule has 4 aliphatic heterocycles. The molecule has 0 aromatic carbocycles. The fourth-order valence-corrected chi connectivity index (χ4v) is 6.79. The first-order valence-electron chi connectivity index (χ1n) is 14.3. The lowest BCUT2D eigenvalue weighted by molar-refractivity contribution is -0.163. The first-order chi connectivity index (χ1) is 17.8. The van der Waals surface area contributed by atoms with Gasteiger partial charge in [-0.2, -0.15) is 0 Å². The van der Waals surface area contributed by atoms with Gasteiger partial charge in [0.15, 0.2) is 0 Å². The van der Waals surface area contributed by atoms with Crippen molar-refractivity contribution in [3.63, 3.8) is 0 Å². The maximum absolute atomic E-state index is 14.4. The predicted molar refractivity (Wildman–Crippen MR) is 139 cm³/mol. The molecule has 0 bridgehead atoms. The first kappa shape index (κ1) is 27.8. The number of ether oxygens (including phenoxy) is 2. The Kier molecular flexibility index (Phi) is 8.48. The molecule has 4 heterocycles. The van der Waals surface area contributed by atoms with E-state index in [1.165, 1.54) is 0 Å². The molecule has 0 saturated carbocycles. The minimum absolute atomic E-state index is 0.0401. The topological polar surface area (TPSA) is 96.4 Å². The lowest BCUT2D eigenvalue weighted by atomic mass is 9.73. The largest absolute Gasteiger partial charge is 0.465 e. The second kappa shape index (κ2) is 11.3. The number of carbonyl (C=O) groups excluding carboxylic acids is 3. The van der Waals surface area contributed by atoms with E-state index in [4.69, 9.17) is 9.47 Å². The number of hydrogen-bond acceptors (Lipinski definition) is 6. The van der Waals surface area contributed by atoms with Gasteiger partial charge in [-0.25, -0.2) is 0 Å². The number of aliphatic hydroxyl groups excluding tert-OH is 1. The lowest BCUT2D eigenvalue weighted by Crippen LogP contribution is -2.60. The number of fused-ring (bicyclic) bond motifs is 2. The monoisotopic (exact) mass is 516 g/mol. The van der Waals surface area contributed by atoms with Crippen molar-refractivity contribution in [3.8, 4) is 0 Å². The molecule has 37 heavy (non-hydrogen) atoms. The number of cyclic esters (lactones) is 1. The molecule has 2 saturated heterocycles.